The minimum Gasteiger partial charge on any atom is -0.350 e. The van der Waals surface area contributed by atoms with Gasteiger partial charge in [-0.05, 0) is 17.8 Å². The Hall–Kier alpha value is -2.74. The van der Waals surface area contributed by atoms with Gasteiger partial charge in [0, 0.05) is 12.0 Å². The topological polar surface area (TPSA) is 116 Å². The molecule has 1 aromatic heterocycles. The number of nitrogens with zero attached hydrogens (tertiary/aromatic N) is 1. The van der Waals surface area contributed by atoms with Crippen molar-refractivity contribution in [3.05, 3.63) is 62.3 Å². The van der Waals surface area contributed by atoms with Gasteiger partial charge in [-0.15, -0.1) is 0 Å². The number of primary amides is 1. The van der Waals surface area contributed by atoms with Crippen LogP contribution >= 0.6 is 12.2 Å². The highest BCUT2D eigenvalue weighted by Gasteiger charge is 2.08. The lowest BCUT2D eigenvalue weighted by molar-refractivity contribution is 0.249. The molecular formula is C13H13N5O2S. The average Bonchev–Trinajstić information content (AvgIpc) is 2.43. The lowest BCUT2D eigenvalue weighted by atomic mass is 10.1. The molecule has 2 aromatic rings. The Bertz CT molecular complexity index is 779. The van der Waals surface area contributed by atoms with Crippen molar-refractivity contribution in [2.24, 2.45) is 10.8 Å². The van der Waals surface area contributed by atoms with Crippen molar-refractivity contribution in [1.29, 1.82) is 0 Å². The fourth-order valence-corrected chi connectivity index (χ4v) is 1.98. The predicted octanol–water partition coefficient (Wildman–Crippen LogP) is 1.03. The van der Waals surface area contributed by atoms with Gasteiger partial charge in [-0.2, -0.15) is 5.10 Å². The molecule has 0 bridgehead atoms. The number of carbonyl (C=O) groups excluding carboxylic acids is 1. The number of amides is 2. The third kappa shape index (κ3) is 4.11. The smallest absolute Gasteiger partial charge is 0.332 e. The molecule has 0 saturated heterocycles. The first-order chi connectivity index (χ1) is 10.1. The predicted molar refractivity (Wildman–Crippen MR) is 81.8 cm³/mol. The number of benzene rings is 1. The summed E-state index contributed by atoms with van der Waals surface area (Å²) in [6.07, 6.45) is 1.70. The van der Waals surface area contributed by atoms with Crippen LogP contribution in [0.5, 0.6) is 0 Å². The van der Waals surface area contributed by atoms with Crippen molar-refractivity contribution in [3.8, 4) is 0 Å². The van der Waals surface area contributed by atoms with Gasteiger partial charge in [0.1, 0.15) is 0 Å². The molecule has 2 amide bonds. The van der Waals surface area contributed by atoms with E-state index in [4.69, 9.17) is 18.0 Å². The molecule has 0 spiro atoms. The number of carbonyl (C=O) groups is 1. The van der Waals surface area contributed by atoms with Gasteiger partial charge in [0.2, 0.25) is 0 Å². The Morgan fingerprint density at radius 1 is 1.33 bits per heavy atom. The molecule has 0 aliphatic carbocycles. The Morgan fingerprint density at radius 2 is 2.05 bits per heavy atom. The van der Waals surface area contributed by atoms with E-state index >= 15 is 0 Å². The van der Waals surface area contributed by atoms with E-state index in [-0.39, 0.29) is 10.3 Å². The van der Waals surface area contributed by atoms with E-state index in [9.17, 15) is 9.59 Å². The Balaban J connectivity index is 2.39. The van der Waals surface area contributed by atoms with Gasteiger partial charge in [0.05, 0.1) is 11.9 Å². The van der Waals surface area contributed by atoms with Crippen LogP contribution in [0.2, 0.25) is 0 Å². The van der Waals surface area contributed by atoms with E-state index in [2.05, 4.69) is 20.5 Å². The number of rotatable bonds is 4. The molecule has 0 saturated carbocycles. The van der Waals surface area contributed by atoms with Gasteiger partial charge >= 0.3 is 6.03 Å². The fourth-order valence-electron chi connectivity index (χ4n) is 1.78. The Morgan fingerprint density at radius 3 is 2.71 bits per heavy atom. The first-order valence-electron chi connectivity index (χ1n) is 6.04. The van der Waals surface area contributed by atoms with Gasteiger partial charge < -0.3 is 10.7 Å². The minimum atomic E-state index is -0.792. The third-order valence-electron chi connectivity index (χ3n) is 2.67. The highest BCUT2D eigenvalue weighted by Crippen LogP contribution is 2.07. The molecular weight excluding hydrogens is 290 g/mol. The van der Waals surface area contributed by atoms with Gasteiger partial charge in [0.25, 0.3) is 5.56 Å². The quantitative estimate of drug-likeness (QED) is 0.384. The van der Waals surface area contributed by atoms with Crippen molar-refractivity contribution < 1.29 is 4.79 Å². The molecule has 1 heterocycles. The maximum absolute atomic E-state index is 12.0. The number of hydrogen-bond acceptors (Lipinski definition) is 4. The van der Waals surface area contributed by atoms with E-state index in [0.29, 0.717) is 17.7 Å². The second-order valence-electron chi connectivity index (χ2n) is 4.20. The van der Waals surface area contributed by atoms with Crippen molar-refractivity contribution in [2.75, 3.05) is 0 Å². The number of nitrogens with one attached hydrogen (secondary N) is 3. The number of urea groups is 1. The van der Waals surface area contributed by atoms with Crippen molar-refractivity contribution in [2.45, 2.75) is 6.42 Å². The molecule has 21 heavy (non-hydrogen) atoms. The van der Waals surface area contributed by atoms with Gasteiger partial charge in [-0.3, -0.25) is 9.78 Å². The van der Waals surface area contributed by atoms with Crippen LogP contribution < -0.4 is 16.7 Å². The normalized spacial score (nSPS) is 10.7. The van der Waals surface area contributed by atoms with Crippen molar-refractivity contribution in [1.82, 2.24) is 15.4 Å². The van der Waals surface area contributed by atoms with E-state index in [0.717, 1.165) is 5.56 Å². The molecule has 7 nitrogen and oxygen atoms in total. The number of H-pyrrole nitrogens is 2. The zero-order valence-electron chi connectivity index (χ0n) is 10.9. The van der Waals surface area contributed by atoms with Gasteiger partial charge in [-0.25, -0.2) is 10.2 Å². The zero-order chi connectivity index (χ0) is 15.2. The van der Waals surface area contributed by atoms with Crippen LogP contribution in [-0.2, 0) is 6.42 Å². The summed E-state index contributed by atoms with van der Waals surface area (Å²) in [6.45, 7) is 0. The summed E-state index contributed by atoms with van der Waals surface area (Å²) in [5, 5.41) is 3.65. The van der Waals surface area contributed by atoms with E-state index < -0.39 is 6.03 Å². The number of hydrogen-bond donors (Lipinski definition) is 4. The summed E-state index contributed by atoms with van der Waals surface area (Å²) < 4.78 is 0.178. The maximum Gasteiger partial charge on any atom is 0.332 e. The summed E-state index contributed by atoms with van der Waals surface area (Å²) >= 11 is 4.93. The van der Waals surface area contributed by atoms with Crippen LogP contribution in [0, 0.1) is 4.77 Å². The second kappa shape index (κ2) is 6.62. The summed E-state index contributed by atoms with van der Waals surface area (Å²) in [5.41, 5.74) is 8.52. The van der Waals surface area contributed by atoms with Crippen molar-refractivity contribution in [3.63, 3.8) is 0 Å². The van der Waals surface area contributed by atoms with E-state index in [1.807, 2.05) is 30.3 Å². The van der Waals surface area contributed by atoms with Crippen LogP contribution in [0.3, 0.4) is 0 Å². The molecule has 0 atom stereocenters. The first-order valence-corrected chi connectivity index (χ1v) is 6.45. The molecule has 2 rings (SSSR count). The molecule has 0 radical (unpaired) electrons. The number of hydrazone groups is 1. The molecule has 5 N–H and O–H groups in total. The summed E-state index contributed by atoms with van der Waals surface area (Å²) in [6, 6.07) is 8.69. The third-order valence-corrected chi connectivity index (χ3v) is 2.87. The van der Waals surface area contributed by atoms with Gasteiger partial charge in [0.15, 0.2) is 4.77 Å². The summed E-state index contributed by atoms with van der Waals surface area (Å²) in [5.74, 6) is 0. The summed E-state index contributed by atoms with van der Waals surface area (Å²) in [4.78, 5) is 28.0. The highest BCUT2D eigenvalue weighted by molar-refractivity contribution is 7.71. The number of aromatic nitrogens is 2. The SMILES string of the molecule is NC(=O)N/N=C/c1[nH]c(=S)[nH]c(=O)c1Cc1ccccc1. The van der Waals surface area contributed by atoms with Crippen LogP contribution in [-0.4, -0.2) is 22.2 Å². The first kappa shape index (κ1) is 14.7. The Labute approximate surface area is 124 Å². The lowest BCUT2D eigenvalue weighted by Crippen LogP contribution is -2.25. The second-order valence-corrected chi connectivity index (χ2v) is 4.61. The van der Waals surface area contributed by atoms with Crippen molar-refractivity contribution >= 4 is 24.5 Å². The average molecular weight is 303 g/mol. The van der Waals surface area contributed by atoms with E-state index in [1.165, 1.54) is 6.21 Å². The monoisotopic (exact) mass is 303 g/mol. The standard InChI is InChI=1S/C13H13N5O2S/c14-12(20)18-15-7-10-9(11(19)17-13(21)16-10)6-8-4-2-1-3-5-8/h1-5,7H,6H2,(H3,14,18,20)(H2,16,17,19,21)/b15-7+. The molecule has 0 unspecified atom stereocenters. The lowest BCUT2D eigenvalue weighted by Gasteiger charge is -2.05. The van der Waals surface area contributed by atoms with Crippen LogP contribution in [0.25, 0.3) is 0 Å². The van der Waals surface area contributed by atoms with Crippen LogP contribution in [0.15, 0.2) is 40.2 Å². The molecule has 108 valence electrons. The van der Waals surface area contributed by atoms with Crippen LogP contribution in [0.4, 0.5) is 4.79 Å². The molecule has 0 aliphatic rings. The Kier molecular flexibility index (Phi) is 4.62. The number of nitrogens with two attached hydrogens (primary N) is 1. The maximum atomic E-state index is 12.0. The van der Waals surface area contributed by atoms with Crippen LogP contribution in [0.1, 0.15) is 16.8 Å². The van der Waals surface area contributed by atoms with E-state index in [1.54, 1.807) is 0 Å². The zero-order valence-corrected chi connectivity index (χ0v) is 11.7. The summed E-state index contributed by atoms with van der Waals surface area (Å²) in [7, 11) is 0. The molecule has 0 aliphatic heterocycles. The largest absolute Gasteiger partial charge is 0.350 e. The minimum absolute atomic E-state index is 0.178. The van der Waals surface area contributed by atoms with Gasteiger partial charge in [-0.1, -0.05) is 30.3 Å². The molecule has 8 heteroatoms. The molecule has 1 aromatic carbocycles. The highest BCUT2D eigenvalue weighted by atomic mass is 32.1. The fraction of sp³-hybridized carbons (Fsp3) is 0.0769. The number of aromatic amines is 2. The molecule has 0 fully saturated rings.